The Morgan fingerprint density at radius 1 is 0.712 bits per heavy atom. The first-order valence-electron chi connectivity index (χ1n) is 18.3. The number of imidazole rings is 1. The molecular weight excluding hydrogens is 813 g/mol. The number of fused-ring (bicyclic) bond motifs is 7. The molecule has 0 spiro atoms. The molecule has 5 heterocycles. The van der Waals surface area contributed by atoms with E-state index in [1.165, 1.54) is 66.9 Å². The van der Waals surface area contributed by atoms with Gasteiger partial charge in [0.15, 0.2) is 0 Å². The molecule has 0 saturated carbocycles. The van der Waals surface area contributed by atoms with Crippen molar-refractivity contribution >= 4 is 44.4 Å². The van der Waals surface area contributed by atoms with Crippen LogP contribution in [-0.2, 0) is 41.8 Å². The summed E-state index contributed by atoms with van der Waals surface area (Å²) < 4.78 is 2.50. The van der Waals surface area contributed by atoms with Crippen molar-refractivity contribution in [2.75, 3.05) is 16.8 Å². The minimum atomic E-state index is -0.0754. The van der Waals surface area contributed by atoms with Crippen molar-refractivity contribution in [3.05, 3.63) is 144 Å². The Hall–Kier alpha value is -4.44. The Balaban J connectivity index is 0.000000154. The molecule has 0 amide bonds. The molecule has 4 nitrogen and oxygen atoms in total. The second-order valence-corrected chi connectivity index (χ2v) is 17.0. The SMILES string of the molecule is CC1(C)CC2(C)c3c(nc4c5[c-]cccc5c5cccc(c5n34)C2(C)C)-c2ccccc21.CN1[CH-]N2c3[c-]cccc3C(C)(C)c3cccc1c32.[Ir+3]. The van der Waals surface area contributed by atoms with Crippen molar-refractivity contribution in [2.45, 2.75) is 76.5 Å². The summed E-state index contributed by atoms with van der Waals surface area (Å²) in [7, 11) is 2.10. The van der Waals surface area contributed by atoms with E-state index >= 15 is 0 Å². The number of para-hydroxylation sites is 3. The number of hydrogen-bond acceptors (Lipinski definition) is 3. The van der Waals surface area contributed by atoms with Crippen LogP contribution in [0.3, 0.4) is 0 Å². The van der Waals surface area contributed by atoms with Gasteiger partial charge >= 0.3 is 20.1 Å². The summed E-state index contributed by atoms with van der Waals surface area (Å²) >= 11 is 0. The van der Waals surface area contributed by atoms with Crippen molar-refractivity contribution in [3.8, 4) is 11.3 Å². The summed E-state index contributed by atoms with van der Waals surface area (Å²) in [6.45, 7) is 18.9. The van der Waals surface area contributed by atoms with Crippen LogP contribution in [0.4, 0.5) is 17.1 Å². The van der Waals surface area contributed by atoms with Gasteiger partial charge in [-0.25, -0.2) is 0 Å². The average molecular weight is 856 g/mol. The summed E-state index contributed by atoms with van der Waals surface area (Å²) in [5.74, 6) is 0. The predicted molar refractivity (Wildman–Crippen MR) is 211 cm³/mol. The van der Waals surface area contributed by atoms with E-state index in [0.29, 0.717) is 0 Å². The van der Waals surface area contributed by atoms with E-state index in [1.807, 2.05) is 12.1 Å². The first kappa shape index (κ1) is 33.4. The van der Waals surface area contributed by atoms with Gasteiger partial charge < -0.3 is 14.2 Å². The van der Waals surface area contributed by atoms with Crippen LogP contribution < -0.4 is 9.80 Å². The number of nitrogens with zero attached hydrogens (tertiary/aromatic N) is 4. The van der Waals surface area contributed by atoms with Gasteiger partial charge in [-0.15, -0.1) is 40.9 Å². The van der Waals surface area contributed by atoms with Crippen molar-refractivity contribution < 1.29 is 20.1 Å². The van der Waals surface area contributed by atoms with Crippen LogP contribution in [0.25, 0.3) is 38.6 Å². The summed E-state index contributed by atoms with van der Waals surface area (Å²) in [4.78, 5) is 9.88. The van der Waals surface area contributed by atoms with E-state index in [4.69, 9.17) is 4.98 Å². The second-order valence-electron chi connectivity index (χ2n) is 17.0. The first-order chi connectivity index (χ1) is 24.4. The molecule has 0 bridgehead atoms. The van der Waals surface area contributed by atoms with Crippen LogP contribution >= 0.6 is 0 Å². The molecule has 1 unspecified atom stereocenters. The number of aromatic nitrogens is 2. The monoisotopic (exact) mass is 856 g/mol. The molecule has 0 N–H and O–H groups in total. The maximum absolute atomic E-state index is 5.42. The van der Waals surface area contributed by atoms with Gasteiger partial charge in [-0.1, -0.05) is 108 Å². The zero-order valence-corrected chi connectivity index (χ0v) is 33.5. The van der Waals surface area contributed by atoms with E-state index in [9.17, 15) is 0 Å². The summed E-state index contributed by atoms with van der Waals surface area (Å²) in [5, 5.41) is 3.66. The van der Waals surface area contributed by atoms with Crippen molar-refractivity contribution in [3.63, 3.8) is 0 Å². The molecule has 3 aliphatic heterocycles. The fraction of sp³-hybridized carbons (Fsp3) is 0.277. The van der Waals surface area contributed by atoms with Crippen LogP contribution in [0.5, 0.6) is 0 Å². The Morgan fingerprint density at radius 2 is 1.38 bits per heavy atom. The minimum Gasteiger partial charge on any atom is -0.504 e. The zero-order chi connectivity index (χ0) is 35.2. The maximum atomic E-state index is 5.42. The van der Waals surface area contributed by atoms with Gasteiger partial charge in [0.1, 0.15) is 0 Å². The molecule has 260 valence electrons. The third-order valence-corrected chi connectivity index (χ3v) is 13.1. The van der Waals surface area contributed by atoms with Crippen LogP contribution in [0.2, 0.25) is 0 Å². The molecule has 0 saturated heterocycles. The normalized spacial score (nSPS) is 20.5. The quantitative estimate of drug-likeness (QED) is 0.112. The number of anilines is 3. The summed E-state index contributed by atoms with van der Waals surface area (Å²) in [6.07, 6.45) is 1.07. The Morgan fingerprint density at radius 3 is 2.21 bits per heavy atom. The van der Waals surface area contributed by atoms with Crippen LogP contribution in [-0.4, -0.2) is 16.4 Å². The number of benzene rings is 5. The molecule has 52 heavy (non-hydrogen) atoms. The number of pyridine rings is 1. The molecule has 1 aliphatic carbocycles. The van der Waals surface area contributed by atoms with Gasteiger partial charge in [0, 0.05) is 39.0 Å². The van der Waals surface area contributed by atoms with Gasteiger partial charge in [-0.3, -0.25) is 4.98 Å². The Bertz CT molecular complexity index is 2630. The molecule has 4 aliphatic rings. The molecule has 7 aromatic rings. The van der Waals surface area contributed by atoms with E-state index in [0.717, 1.165) is 23.1 Å². The second kappa shape index (κ2) is 10.8. The van der Waals surface area contributed by atoms with Crippen LogP contribution in [0, 0.1) is 18.8 Å². The van der Waals surface area contributed by atoms with Gasteiger partial charge in [0.2, 0.25) is 0 Å². The third kappa shape index (κ3) is 4.04. The van der Waals surface area contributed by atoms with Crippen LogP contribution in [0.15, 0.2) is 97.1 Å². The molecule has 5 heteroatoms. The minimum absolute atomic E-state index is 0. The van der Waals surface area contributed by atoms with E-state index in [1.54, 1.807) is 0 Å². The van der Waals surface area contributed by atoms with Gasteiger partial charge in [0.25, 0.3) is 0 Å². The first-order valence-corrected chi connectivity index (χ1v) is 18.3. The largest absolute Gasteiger partial charge is 3.00 e. The smallest absolute Gasteiger partial charge is 0.504 e. The molecule has 11 rings (SSSR count). The van der Waals surface area contributed by atoms with E-state index < -0.39 is 0 Å². The topological polar surface area (TPSA) is 23.8 Å². The Kier molecular flexibility index (Phi) is 6.94. The summed E-state index contributed by atoms with van der Waals surface area (Å²) in [6, 6.07) is 41.9. The molecule has 5 aromatic carbocycles. The predicted octanol–water partition coefficient (Wildman–Crippen LogP) is 11.2. The standard InChI is InChI=1S/C30H27N2.C17H16N2.Ir/c1-28(2)17-30(5)26-24(21-13-8-9-15-22(21)28)31-27-20-12-7-6-11-18(20)19-14-10-16-23(29(30,3)4)25(19)32(26)27;1-17(2)12-7-4-5-9-14(12)19-11-18(3)15-10-6-8-13(17)16(15)19;/h6-11,13-16H,17H2,1-5H3;4-8,10-11H,1-3H3;/q-1;-2;+3. The molecule has 0 fully saturated rings. The van der Waals surface area contributed by atoms with Gasteiger partial charge in [-0.2, -0.15) is 30.9 Å². The zero-order valence-electron chi connectivity index (χ0n) is 31.1. The number of rotatable bonds is 0. The number of hydrogen-bond donors (Lipinski definition) is 0. The molecule has 0 radical (unpaired) electrons. The maximum Gasteiger partial charge on any atom is 3.00 e. The van der Waals surface area contributed by atoms with Gasteiger partial charge in [-0.05, 0) is 52.4 Å². The van der Waals surface area contributed by atoms with E-state index in [2.05, 4.69) is 173 Å². The van der Waals surface area contributed by atoms with E-state index in [-0.39, 0.29) is 41.8 Å². The van der Waals surface area contributed by atoms with Crippen molar-refractivity contribution in [1.82, 2.24) is 9.38 Å². The molecule has 2 aromatic heterocycles. The van der Waals surface area contributed by atoms with Crippen molar-refractivity contribution in [1.29, 1.82) is 0 Å². The fourth-order valence-corrected chi connectivity index (χ4v) is 10.3. The van der Waals surface area contributed by atoms with Gasteiger partial charge in [0.05, 0.1) is 11.3 Å². The fourth-order valence-electron chi connectivity index (χ4n) is 10.3. The third-order valence-electron chi connectivity index (χ3n) is 13.1. The summed E-state index contributed by atoms with van der Waals surface area (Å²) in [5.41, 5.74) is 15.4. The Labute approximate surface area is 320 Å². The van der Waals surface area contributed by atoms with Crippen LogP contribution in [0.1, 0.15) is 82.8 Å². The molecular formula is C47H43IrN4. The van der Waals surface area contributed by atoms with Crippen molar-refractivity contribution in [2.24, 2.45) is 0 Å². The average Bonchev–Trinajstić information content (AvgIpc) is 3.68. The molecule has 1 atom stereocenters.